The summed E-state index contributed by atoms with van der Waals surface area (Å²) in [4.78, 5) is 17.4. The molecule has 1 saturated heterocycles. The van der Waals surface area contributed by atoms with Gasteiger partial charge in [0.15, 0.2) is 0 Å². The second-order valence-electron chi connectivity index (χ2n) is 8.17. The maximum atomic E-state index is 13.1. The molecular weight excluding hydrogens is 422 g/mol. The summed E-state index contributed by atoms with van der Waals surface area (Å²) in [6.07, 6.45) is 0.935. The molecule has 1 fully saturated rings. The highest BCUT2D eigenvalue weighted by atomic mass is 35.5. The number of aromatic nitrogens is 2. The van der Waals surface area contributed by atoms with Crippen molar-refractivity contribution in [1.29, 1.82) is 5.26 Å². The fourth-order valence-corrected chi connectivity index (χ4v) is 4.20. The molecule has 7 heteroatoms. The molecule has 0 unspecified atom stereocenters. The molecule has 0 bridgehead atoms. The molecule has 0 spiro atoms. The first-order chi connectivity index (χ1) is 15.5. The van der Waals surface area contributed by atoms with Crippen LogP contribution in [0.5, 0.6) is 0 Å². The molecule has 2 aromatic carbocycles. The summed E-state index contributed by atoms with van der Waals surface area (Å²) in [5, 5.41) is 14.1. The summed E-state index contributed by atoms with van der Waals surface area (Å²) in [5.74, 6) is 0.0585. The van der Waals surface area contributed by atoms with E-state index >= 15 is 0 Å². The van der Waals surface area contributed by atoms with E-state index in [4.69, 9.17) is 16.9 Å². The lowest BCUT2D eigenvalue weighted by Gasteiger charge is -2.22. The van der Waals surface area contributed by atoms with Crippen molar-refractivity contribution in [2.45, 2.75) is 26.8 Å². The first kappa shape index (κ1) is 22.1. The maximum absolute atomic E-state index is 13.1. The number of hydrogen-bond donors (Lipinski definition) is 0. The molecule has 164 valence electrons. The molecule has 0 saturated carbocycles. The summed E-state index contributed by atoms with van der Waals surface area (Å²) in [6.45, 7) is 7.86. The minimum Gasteiger partial charge on any atom is -0.337 e. The fourth-order valence-electron chi connectivity index (χ4n) is 4.08. The molecule has 0 N–H and O–H groups in total. The van der Waals surface area contributed by atoms with Gasteiger partial charge in [-0.25, -0.2) is 4.68 Å². The number of benzene rings is 2. The van der Waals surface area contributed by atoms with Gasteiger partial charge in [0.25, 0.3) is 5.91 Å². The van der Waals surface area contributed by atoms with Gasteiger partial charge >= 0.3 is 0 Å². The van der Waals surface area contributed by atoms with Crippen LogP contribution in [0, 0.1) is 25.2 Å². The zero-order chi connectivity index (χ0) is 22.7. The highest BCUT2D eigenvalue weighted by Gasteiger charge is 2.21. The first-order valence-electron chi connectivity index (χ1n) is 10.8. The number of hydrogen-bond acceptors (Lipinski definition) is 4. The SMILES string of the molecule is Cc1nn(-c2ccc(C(=O)N3CCCN(Cc4ccc(C#N)cc4)CC3)cc2)c(C)c1Cl. The quantitative estimate of drug-likeness (QED) is 0.596. The van der Waals surface area contributed by atoms with Crippen molar-refractivity contribution in [1.82, 2.24) is 19.6 Å². The molecule has 1 amide bonds. The lowest BCUT2D eigenvalue weighted by molar-refractivity contribution is 0.0761. The van der Waals surface area contributed by atoms with E-state index in [0.717, 1.165) is 49.7 Å². The zero-order valence-corrected chi connectivity index (χ0v) is 19.1. The normalized spacial score (nSPS) is 14.8. The molecule has 0 aliphatic carbocycles. The van der Waals surface area contributed by atoms with Gasteiger partial charge in [0.05, 0.1) is 33.7 Å². The minimum atomic E-state index is 0.0585. The maximum Gasteiger partial charge on any atom is 0.253 e. The number of aryl methyl sites for hydroxylation is 1. The molecule has 0 atom stereocenters. The van der Waals surface area contributed by atoms with Crippen LogP contribution in [0.25, 0.3) is 5.69 Å². The predicted molar refractivity (Wildman–Crippen MR) is 125 cm³/mol. The summed E-state index contributed by atoms with van der Waals surface area (Å²) in [7, 11) is 0. The Morgan fingerprint density at radius 2 is 1.75 bits per heavy atom. The van der Waals surface area contributed by atoms with Gasteiger partial charge < -0.3 is 4.90 Å². The Hall–Kier alpha value is -3.14. The number of amides is 1. The number of rotatable bonds is 4. The van der Waals surface area contributed by atoms with Crippen LogP contribution < -0.4 is 0 Å². The lowest BCUT2D eigenvalue weighted by atomic mass is 10.1. The average molecular weight is 448 g/mol. The monoisotopic (exact) mass is 447 g/mol. The van der Waals surface area contributed by atoms with Gasteiger partial charge in [0.1, 0.15) is 0 Å². The summed E-state index contributed by atoms with van der Waals surface area (Å²) >= 11 is 6.26. The molecule has 0 radical (unpaired) electrons. The van der Waals surface area contributed by atoms with E-state index in [1.165, 1.54) is 5.56 Å². The molecule has 3 aromatic rings. The second-order valence-corrected chi connectivity index (χ2v) is 8.55. The van der Waals surface area contributed by atoms with Crippen LogP contribution in [0.2, 0.25) is 5.02 Å². The molecule has 1 aromatic heterocycles. The minimum absolute atomic E-state index is 0.0585. The average Bonchev–Trinajstić information content (AvgIpc) is 2.98. The Bertz CT molecular complexity index is 1140. The van der Waals surface area contributed by atoms with Crippen molar-refractivity contribution in [2.24, 2.45) is 0 Å². The van der Waals surface area contributed by atoms with Crippen LogP contribution in [-0.2, 0) is 6.54 Å². The third-order valence-electron chi connectivity index (χ3n) is 5.93. The lowest BCUT2D eigenvalue weighted by Crippen LogP contribution is -2.35. The van der Waals surface area contributed by atoms with Gasteiger partial charge in [-0.1, -0.05) is 23.7 Å². The van der Waals surface area contributed by atoms with E-state index in [9.17, 15) is 4.79 Å². The molecule has 4 rings (SSSR count). The zero-order valence-electron chi connectivity index (χ0n) is 18.4. The van der Waals surface area contributed by atoms with Crippen LogP contribution in [0.1, 0.15) is 39.3 Å². The van der Waals surface area contributed by atoms with E-state index in [-0.39, 0.29) is 5.91 Å². The smallest absolute Gasteiger partial charge is 0.253 e. The summed E-state index contributed by atoms with van der Waals surface area (Å²) in [5.41, 5.74) is 5.11. The number of carbonyl (C=O) groups is 1. The van der Waals surface area contributed by atoms with Crippen molar-refractivity contribution in [3.8, 4) is 11.8 Å². The summed E-state index contributed by atoms with van der Waals surface area (Å²) < 4.78 is 1.80. The van der Waals surface area contributed by atoms with Crippen molar-refractivity contribution < 1.29 is 4.79 Å². The van der Waals surface area contributed by atoms with Crippen molar-refractivity contribution >= 4 is 17.5 Å². The fraction of sp³-hybridized carbons (Fsp3) is 0.320. The van der Waals surface area contributed by atoms with Gasteiger partial charge in [-0.2, -0.15) is 10.4 Å². The van der Waals surface area contributed by atoms with Gasteiger partial charge in [-0.15, -0.1) is 0 Å². The van der Waals surface area contributed by atoms with Gasteiger partial charge in [0.2, 0.25) is 0 Å². The van der Waals surface area contributed by atoms with Gasteiger partial charge in [-0.3, -0.25) is 9.69 Å². The summed E-state index contributed by atoms with van der Waals surface area (Å²) in [6, 6.07) is 17.4. The number of nitrogens with zero attached hydrogens (tertiary/aromatic N) is 5. The molecule has 2 heterocycles. The van der Waals surface area contributed by atoms with Crippen LogP contribution in [0.15, 0.2) is 48.5 Å². The van der Waals surface area contributed by atoms with E-state index in [2.05, 4.69) is 16.1 Å². The van der Waals surface area contributed by atoms with Crippen LogP contribution in [-0.4, -0.2) is 51.7 Å². The Balaban J connectivity index is 1.39. The molecule has 6 nitrogen and oxygen atoms in total. The third kappa shape index (κ3) is 4.69. The Kier molecular flexibility index (Phi) is 6.59. The first-order valence-corrected chi connectivity index (χ1v) is 11.2. The Morgan fingerprint density at radius 1 is 1.03 bits per heavy atom. The van der Waals surface area contributed by atoms with Crippen LogP contribution in [0.3, 0.4) is 0 Å². The molecule has 32 heavy (non-hydrogen) atoms. The number of carbonyl (C=O) groups excluding carboxylic acids is 1. The number of nitriles is 1. The van der Waals surface area contributed by atoms with Gasteiger partial charge in [0, 0.05) is 38.3 Å². The Labute approximate surface area is 193 Å². The van der Waals surface area contributed by atoms with E-state index < -0.39 is 0 Å². The van der Waals surface area contributed by atoms with Crippen LogP contribution >= 0.6 is 11.6 Å². The van der Waals surface area contributed by atoms with Gasteiger partial charge in [-0.05, 0) is 62.2 Å². The van der Waals surface area contributed by atoms with Crippen molar-refractivity contribution in [3.63, 3.8) is 0 Å². The van der Waals surface area contributed by atoms with E-state index in [1.54, 1.807) is 4.68 Å². The second kappa shape index (κ2) is 9.56. The van der Waals surface area contributed by atoms with Crippen molar-refractivity contribution in [3.05, 3.63) is 81.6 Å². The molecular formula is C25H26ClN5O. The predicted octanol–water partition coefficient (Wildman–Crippen LogP) is 4.36. The third-order valence-corrected chi connectivity index (χ3v) is 6.47. The Morgan fingerprint density at radius 3 is 2.38 bits per heavy atom. The highest BCUT2D eigenvalue weighted by molar-refractivity contribution is 6.31. The molecule has 1 aliphatic heterocycles. The van der Waals surface area contributed by atoms with Crippen molar-refractivity contribution in [2.75, 3.05) is 26.2 Å². The largest absolute Gasteiger partial charge is 0.337 e. The van der Waals surface area contributed by atoms with Crippen LogP contribution in [0.4, 0.5) is 0 Å². The number of halogens is 1. The standard InChI is InChI=1S/C25H26ClN5O/c1-18-24(26)19(2)31(28-18)23-10-8-22(9-11-23)25(32)30-13-3-12-29(14-15-30)17-21-6-4-20(16-27)5-7-21/h4-11H,3,12-15,17H2,1-2H3. The van der Waals surface area contributed by atoms with E-state index in [0.29, 0.717) is 22.7 Å². The molecule has 1 aliphatic rings. The van der Waals surface area contributed by atoms with E-state index in [1.807, 2.05) is 67.3 Å². The highest BCUT2D eigenvalue weighted by Crippen LogP contribution is 2.23. The topological polar surface area (TPSA) is 65.2 Å².